The largest absolute Gasteiger partial charge is 0.269 e. The molecule has 0 spiro atoms. The van der Waals surface area contributed by atoms with Crippen LogP contribution in [0.15, 0.2) is 59.2 Å². The fourth-order valence-corrected chi connectivity index (χ4v) is 2.30. The summed E-state index contributed by atoms with van der Waals surface area (Å²) in [5.41, 5.74) is 2.44. The number of nitro benzene ring substituents is 1. The van der Waals surface area contributed by atoms with E-state index in [2.05, 4.69) is 26.2 Å². The average molecular weight is 345 g/mol. The van der Waals surface area contributed by atoms with Gasteiger partial charge in [-0.25, -0.2) is 4.68 Å². The number of benzene rings is 2. The van der Waals surface area contributed by atoms with E-state index in [-0.39, 0.29) is 5.69 Å². The second-order valence-corrected chi connectivity index (χ2v) is 5.25. The number of halogens is 1. The van der Waals surface area contributed by atoms with E-state index in [1.807, 2.05) is 24.3 Å². The maximum atomic E-state index is 10.6. The van der Waals surface area contributed by atoms with E-state index in [0.29, 0.717) is 5.69 Å². The summed E-state index contributed by atoms with van der Waals surface area (Å²) >= 11 is 3.41. The van der Waals surface area contributed by atoms with Crippen molar-refractivity contribution in [1.82, 2.24) is 15.0 Å². The second kappa shape index (κ2) is 5.45. The third-order valence-corrected chi connectivity index (χ3v) is 3.43. The molecule has 0 radical (unpaired) electrons. The van der Waals surface area contributed by atoms with Gasteiger partial charge in [-0.15, -0.1) is 5.10 Å². The van der Waals surface area contributed by atoms with E-state index < -0.39 is 4.92 Å². The Morgan fingerprint density at radius 1 is 1.14 bits per heavy atom. The molecule has 0 aliphatic rings. The zero-order valence-corrected chi connectivity index (χ0v) is 12.3. The van der Waals surface area contributed by atoms with Crippen LogP contribution in [0.5, 0.6) is 0 Å². The van der Waals surface area contributed by atoms with Crippen molar-refractivity contribution in [3.63, 3.8) is 0 Å². The zero-order valence-electron chi connectivity index (χ0n) is 10.7. The first-order chi connectivity index (χ1) is 10.1. The molecular formula is C14H9BrN4O2. The molecule has 2 aromatic carbocycles. The number of non-ortho nitro benzene ring substituents is 1. The summed E-state index contributed by atoms with van der Waals surface area (Å²) in [6.45, 7) is 0. The summed E-state index contributed by atoms with van der Waals surface area (Å²) in [6.07, 6.45) is 1.78. The standard InChI is InChI=1S/C14H9BrN4O2/c15-11-3-1-2-10(8-11)14-9-18(17-16-14)12-4-6-13(7-5-12)19(20)21/h1-9H. The fourth-order valence-electron chi connectivity index (χ4n) is 1.90. The summed E-state index contributed by atoms with van der Waals surface area (Å²) in [4.78, 5) is 10.2. The van der Waals surface area contributed by atoms with Gasteiger partial charge in [-0.3, -0.25) is 10.1 Å². The van der Waals surface area contributed by atoms with Crippen molar-refractivity contribution in [2.75, 3.05) is 0 Å². The molecule has 0 aliphatic heterocycles. The van der Waals surface area contributed by atoms with E-state index in [0.717, 1.165) is 15.7 Å². The fraction of sp³-hybridized carbons (Fsp3) is 0. The number of rotatable bonds is 3. The first kappa shape index (κ1) is 13.4. The molecule has 0 fully saturated rings. The summed E-state index contributed by atoms with van der Waals surface area (Å²) in [6, 6.07) is 13.9. The van der Waals surface area contributed by atoms with Gasteiger partial charge >= 0.3 is 0 Å². The van der Waals surface area contributed by atoms with Crippen LogP contribution in [0.1, 0.15) is 0 Å². The third-order valence-electron chi connectivity index (χ3n) is 2.94. The second-order valence-electron chi connectivity index (χ2n) is 4.33. The predicted molar refractivity (Wildman–Crippen MR) is 81.1 cm³/mol. The maximum Gasteiger partial charge on any atom is 0.269 e. The molecule has 104 valence electrons. The monoisotopic (exact) mass is 344 g/mol. The molecule has 0 amide bonds. The number of nitro groups is 1. The highest BCUT2D eigenvalue weighted by atomic mass is 79.9. The molecule has 0 saturated heterocycles. The van der Waals surface area contributed by atoms with Crippen LogP contribution in [-0.2, 0) is 0 Å². The van der Waals surface area contributed by atoms with Gasteiger partial charge < -0.3 is 0 Å². The van der Waals surface area contributed by atoms with E-state index in [4.69, 9.17) is 0 Å². The quantitative estimate of drug-likeness (QED) is 0.537. The Balaban J connectivity index is 1.93. The summed E-state index contributed by atoms with van der Waals surface area (Å²) < 4.78 is 2.55. The van der Waals surface area contributed by atoms with Gasteiger partial charge in [0.25, 0.3) is 5.69 Å². The SMILES string of the molecule is O=[N+]([O-])c1ccc(-n2cc(-c3cccc(Br)c3)nn2)cc1. The molecule has 1 heterocycles. The molecule has 0 bridgehead atoms. The molecule has 3 aromatic rings. The van der Waals surface area contributed by atoms with E-state index >= 15 is 0 Å². The highest BCUT2D eigenvalue weighted by Gasteiger charge is 2.08. The molecule has 0 unspecified atom stereocenters. The number of nitrogens with zero attached hydrogens (tertiary/aromatic N) is 4. The highest BCUT2D eigenvalue weighted by Crippen LogP contribution is 2.22. The smallest absolute Gasteiger partial charge is 0.258 e. The molecule has 6 nitrogen and oxygen atoms in total. The van der Waals surface area contributed by atoms with Crippen molar-refractivity contribution < 1.29 is 4.92 Å². The van der Waals surface area contributed by atoms with Gasteiger partial charge in [0.05, 0.1) is 16.8 Å². The Labute approximate surface area is 128 Å². The van der Waals surface area contributed by atoms with Crippen LogP contribution in [0, 0.1) is 10.1 Å². The predicted octanol–water partition coefficient (Wildman–Crippen LogP) is 3.61. The zero-order chi connectivity index (χ0) is 14.8. The van der Waals surface area contributed by atoms with Crippen LogP contribution in [0.3, 0.4) is 0 Å². The van der Waals surface area contributed by atoms with Gasteiger partial charge in [0, 0.05) is 22.2 Å². The lowest BCUT2D eigenvalue weighted by molar-refractivity contribution is -0.384. The van der Waals surface area contributed by atoms with Crippen LogP contribution in [0.4, 0.5) is 5.69 Å². The Bertz CT molecular complexity index is 799. The van der Waals surface area contributed by atoms with Crippen LogP contribution < -0.4 is 0 Å². The maximum absolute atomic E-state index is 10.6. The normalized spacial score (nSPS) is 10.5. The van der Waals surface area contributed by atoms with E-state index in [1.165, 1.54) is 12.1 Å². The van der Waals surface area contributed by atoms with Gasteiger partial charge in [-0.05, 0) is 24.3 Å². The first-order valence-electron chi connectivity index (χ1n) is 6.06. The number of aromatic nitrogens is 3. The minimum atomic E-state index is -0.432. The topological polar surface area (TPSA) is 73.8 Å². The van der Waals surface area contributed by atoms with E-state index in [9.17, 15) is 10.1 Å². The molecule has 1 aromatic heterocycles. The van der Waals surface area contributed by atoms with Gasteiger partial charge in [-0.2, -0.15) is 0 Å². The summed E-state index contributed by atoms with van der Waals surface area (Å²) in [5.74, 6) is 0. The van der Waals surface area contributed by atoms with Crippen molar-refractivity contribution in [3.8, 4) is 16.9 Å². The van der Waals surface area contributed by atoms with Crippen LogP contribution >= 0.6 is 15.9 Å². The minimum Gasteiger partial charge on any atom is -0.258 e. The number of hydrogen-bond acceptors (Lipinski definition) is 4. The Kier molecular flexibility index (Phi) is 3.49. The van der Waals surface area contributed by atoms with Gasteiger partial charge in [0.1, 0.15) is 5.69 Å². The molecule has 7 heteroatoms. The highest BCUT2D eigenvalue weighted by molar-refractivity contribution is 9.10. The van der Waals surface area contributed by atoms with Crippen LogP contribution in [0.2, 0.25) is 0 Å². The third kappa shape index (κ3) is 2.82. The summed E-state index contributed by atoms with van der Waals surface area (Å²) in [7, 11) is 0. The van der Waals surface area contributed by atoms with Crippen LogP contribution in [0.25, 0.3) is 16.9 Å². The van der Waals surface area contributed by atoms with Crippen molar-refractivity contribution in [3.05, 3.63) is 69.3 Å². The van der Waals surface area contributed by atoms with Gasteiger partial charge in [-0.1, -0.05) is 33.3 Å². The molecule has 0 aliphatic carbocycles. The summed E-state index contributed by atoms with van der Waals surface area (Å²) in [5, 5.41) is 18.8. The molecule has 0 saturated carbocycles. The van der Waals surface area contributed by atoms with Gasteiger partial charge in [0.2, 0.25) is 0 Å². The van der Waals surface area contributed by atoms with Crippen molar-refractivity contribution in [2.45, 2.75) is 0 Å². The Hall–Kier alpha value is -2.54. The minimum absolute atomic E-state index is 0.0473. The van der Waals surface area contributed by atoms with Crippen molar-refractivity contribution in [1.29, 1.82) is 0 Å². The molecule has 3 rings (SSSR count). The lowest BCUT2D eigenvalue weighted by Gasteiger charge is -1.99. The van der Waals surface area contributed by atoms with Crippen LogP contribution in [-0.4, -0.2) is 19.9 Å². The van der Waals surface area contributed by atoms with Crippen molar-refractivity contribution >= 4 is 21.6 Å². The molecule has 0 N–H and O–H groups in total. The van der Waals surface area contributed by atoms with Gasteiger partial charge in [0.15, 0.2) is 0 Å². The number of hydrogen-bond donors (Lipinski definition) is 0. The van der Waals surface area contributed by atoms with Crippen molar-refractivity contribution in [2.24, 2.45) is 0 Å². The molecule has 0 atom stereocenters. The lowest BCUT2D eigenvalue weighted by Crippen LogP contribution is -1.95. The Morgan fingerprint density at radius 3 is 2.57 bits per heavy atom. The lowest BCUT2D eigenvalue weighted by atomic mass is 10.2. The molecular weight excluding hydrogens is 336 g/mol. The average Bonchev–Trinajstić information content (AvgIpc) is 2.97. The molecule has 21 heavy (non-hydrogen) atoms. The van der Waals surface area contributed by atoms with E-state index in [1.54, 1.807) is 23.0 Å². The Morgan fingerprint density at radius 2 is 1.90 bits per heavy atom. The first-order valence-corrected chi connectivity index (χ1v) is 6.86.